The second-order valence-corrected chi connectivity index (χ2v) is 5.46. The number of hydrogen-bond acceptors (Lipinski definition) is 3. The van der Waals surface area contributed by atoms with Gasteiger partial charge in [-0.05, 0) is 50.2 Å². The van der Waals surface area contributed by atoms with E-state index in [1.54, 1.807) is 0 Å². The lowest BCUT2D eigenvalue weighted by Gasteiger charge is -2.26. The number of aromatic nitrogens is 1. The third kappa shape index (κ3) is 3.11. The molecule has 4 heteroatoms. The summed E-state index contributed by atoms with van der Waals surface area (Å²) in [6.07, 6.45) is 6.24. The molecular weight excluding hydrogens is 252 g/mol. The zero-order valence-corrected chi connectivity index (χ0v) is 12.5. The normalized spacial score (nSPS) is 13.9. The molecular formula is C16H24N2O2. The van der Waals surface area contributed by atoms with Gasteiger partial charge >= 0.3 is 5.97 Å². The standard InChI is InChI=1S/C16H24N2O2/c1-3-9-18(10-4-2)15-13(16(19)20)11-12-7-5-6-8-14(12)17-15/h11H,3-10H2,1-2H3,(H,19,20). The van der Waals surface area contributed by atoms with E-state index in [9.17, 15) is 9.90 Å². The average molecular weight is 276 g/mol. The van der Waals surface area contributed by atoms with E-state index in [0.29, 0.717) is 11.4 Å². The lowest BCUT2D eigenvalue weighted by atomic mass is 9.94. The highest BCUT2D eigenvalue weighted by Crippen LogP contribution is 2.27. The van der Waals surface area contributed by atoms with Crippen LogP contribution in [0.3, 0.4) is 0 Å². The Balaban J connectivity index is 2.45. The SMILES string of the molecule is CCCN(CCC)c1nc2c(cc1C(=O)O)CCCC2. The minimum absolute atomic E-state index is 0.368. The first-order valence-corrected chi connectivity index (χ1v) is 7.68. The van der Waals surface area contributed by atoms with Gasteiger partial charge in [0.2, 0.25) is 0 Å². The first kappa shape index (κ1) is 14.8. The quantitative estimate of drug-likeness (QED) is 0.866. The number of aromatic carboxylic acids is 1. The topological polar surface area (TPSA) is 53.4 Å². The van der Waals surface area contributed by atoms with Crippen LogP contribution in [0.4, 0.5) is 5.82 Å². The number of carboxylic acid groups (broad SMARTS) is 1. The van der Waals surface area contributed by atoms with E-state index >= 15 is 0 Å². The molecule has 0 spiro atoms. The van der Waals surface area contributed by atoms with E-state index in [1.165, 1.54) is 0 Å². The van der Waals surface area contributed by atoms with Gasteiger partial charge < -0.3 is 10.0 Å². The Kier molecular flexibility index (Phi) is 4.99. The number of fused-ring (bicyclic) bond motifs is 1. The van der Waals surface area contributed by atoms with Crippen LogP contribution < -0.4 is 4.90 Å². The first-order valence-electron chi connectivity index (χ1n) is 7.68. The summed E-state index contributed by atoms with van der Waals surface area (Å²) in [5, 5.41) is 9.49. The molecule has 1 aromatic heterocycles. The molecule has 4 nitrogen and oxygen atoms in total. The van der Waals surface area contributed by atoms with Gasteiger partial charge in [0.05, 0.1) is 0 Å². The fraction of sp³-hybridized carbons (Fsp3) is 0.625. The fourth-order valence-electron chi connectivity index (χ4n) is 2.88. The second kappa shape index (κ2) is 6.73. The molecule has 0 atom stereocenters. The third-order valence-electron chi connectivity index (χ3n) is 3.80. The van der Waals surface area contributed by atoms with Crippen LogP contribution in [0.15, 0.2) is 6.07 Å². The van der Waals surface area contributed by atoms with Gasteiger partial charge in [0, 0.05) is 18.8 Å². The zero-order chi connectivity index (χ0) is 14.5. The minimum Gasteiger partial charge on any atom is -0.478 e. The van der Waals surface area contributed by atoms with Crippen LogP contribution in [0.1, 0.15) is 61.1 Å². The van der Waals surface area contributed by atoms with Crippen LogP contribution in [0.5, 0.6) is 0 Å². The number of hydrogen-bond donors (Lipinski definition) is 1. The summed E-state index contributed by atoms with van der Waals surface area (Å²) in [5.41, 5.74) is 2.60. The zero-order valence-electron chi connectivity index (χ0n) is 12.5. The van der Waals surface area contributed by atoms with Gasteiger partial charge in [0.15, 0.2) is 0 Å². The van der Waals surface area contributed by atoms with Crippen molar-refractivity contribution in [3.8, 4) is 0 Å². The molecule has 1 aromatic rings. The minimum atomic E-state index is -0.863. The molecule has 0 aromatic carbocycles. The molecule has 2 rings (SSSR count). The molecule has 0 aliphatic heterocycles. The van der Waals surface area contributed by atoms with E-state index in [-0.39, 0.29) is 0 Å². The van der Waals surface area contributed by atoms with E-state index < -0.39 is 5.97 Å². The van der Waals surface area contributed by atoms with Crippen LogP contribution >= 0.6 is 0 Å². The molecule has 0 fully saturated rings. The van der Waals surface area contributed by atoms with Crippen LogP contribution in [0.25, 0.3) is 0 Å². The average Bonchev–Trinajstić information content (AvgIpc) is 2.45. The van der Waals surface area contributed by atoms with E-state index in [0.717, 1.165) is 62.9 Å². The van der Waals surface area contributed by atoms with Gasteiger partial charge in [-0.25, -0.2) is 9.78 Å². The van der Waals surface area contributed by atoms with Gasteiger partial charge in [-0.1, -0.05) is 13.8 Å². The summed E-state index contributed by atoms with van der Waals surface area (Å²) in [7, 11) is 0. The molecule has 110 valence electrons. The molecule has 1 aliphatic carbocycles. The highest BCUT2D eigenvalue weighted by Gasteiger charge is 2.21. The highest BCUT2D eigenvalue weighted by molar-refractivity contribution is 5.93. The van der Waals surface area contributed by atoms with E-state index in [4.69, 9.17) is 4.98 Å². The lowest BCUT2D eigenvalue weighted by Crippen LogP contribution is -2.29. The Labute approximate surface area is 120 Å². The predicted molar refractivity (Wildman–Crippen MR) is 80.6 cm³/mol. The third-order valence-corrected chi connectivity index (χ3v) is 3.80. The Morgan fingerprint density at radius 1 is 1.25 bits per heavy atom. The Bertz CT molecular complexity index is 480. The van der Waals surface area contributed by atoms with Crippen molar-refractivity contribution in [2.24, 2.45) is 0 Å². The van der Waals surface area contributed by atoms with Crippen molar-refractivity contribution in [1.82, 2.24) is 4.98 Å². The van der Waals surface area contributed by atoms with Crippen molar-refractivity contribution in [2.75, 3.05) is 18.0 Å². The molecule has 0 radical (unpaired) electrons. The van der Waals surface area contributed by atoms with E-state index in [2.05, 4.69) is 18.7 Å². The number of anilines is 1. The summed E-state index contributed by atoms with van der Waals surface area (Å²) in [6.45, 7) is 5.95. The lowest BCUT2D eigenvalue weighted by molar-refractivity contribution is 0.0697. The summed E-state index contributed by atoms with van der Waals surface area (Å²) in [4.78, 5) is 18.4. The van der Waals surface area contributed by atoms with Crippen molar-refractivity contribution >= 4 is 11.8 Å². The Hall–Kier alpha value is -1.58. The highest BCUT2D eigenvalue weighted by atomic mass is 16.4. The van der Waals surface area contributed by atoms with Gasteiger partial charge in [0.25, 0.3) is 0 Å². The molecule has 0 amide bonds. The Morgan fingerprint density at radius 2 is 1.90 bits per heavy atom. The molecule has 1 aliphatic rings. The maximum absolute atomic E-state index is 11.6. The fourth-order valence-corrected chi connectivity index (χ4v) is 2.88. The van der Waals surface area contributed by atoms with Crippen LogP contribution in [-0.2, 0) is 12.8 Å². The number of nitrogens with zero attached hydrogens (tertiary/aromatic N) is 2. The monoisotopic (exact) mass is 276 g/mol. The summed E-state index contributed by atoms with van der Waals surface area (Å²) >= 11 is 0. The van der Waals surface area contributed by atoms with Gasteiger partial charge in [-0.3, -0.25) is 0 Å². The molecule has 0 unspecified atom stereocenters. The van der Waals surface area contributed by atoms with Crippen molar-refractivity contribution in [1.29, 1.82) is 0 Å². The Morgan fingerprint density at radius 3 is 2.50 bits per heavy atom. The van der Waals surface area contributed by atoms with Crippen LogP contribution in [0.2, 0.25) is 0 Å². The second-order valence-electron chi connectivity index (χ2n) is 5.46. The molecule has 0 saturated heterocycles. The van der Waals surface area contributed by atoms with Crippen LogP contribution in [-0.4, -0.2) is 29.1 Å². The van der Waals surface area contributed by atoms with Gasteiger partial charge in [0.1, 0.15) is 11.4 Å². The molecule has 1 N–H and O–H groups in total. The molecule has 1 heterocycles. The van der Waals surface area contributed by atoms with Crippen molar-refractivity contribution in [2.45, 2.75) is 52.4 Å². The smallest absolute Gasteiger partial charge is 0.339 e. The van der Waals surface area contributed by atoms with Crippen molar-refractivity contribution < 1.29 is 9.90 Å². The predicted octanol–water partition coefficient (Wildman–Crippen LogP) is 3.29. The molecule has 0 bridgehead atoms. The van der Waals surface area contributed by atoms with E-state index in [1.807, 2.05) is 6.07 Å². The largest absolute Gasteiger partial charge is 0.478 e. The number of carboxylic acids is 1. The summed E-state index contributed by atoms with van der Waals surface area (Å²) in [5.74, 6) is -0.195. The number of pyridine rings is 1. The summed E-state index contributed by atoms with van der Waals surface area (Å²) < 4.78 is 0. The van der Waals surface area contributed by atoms with Crippen LogP contribution in [0, 0.1) is 0 Å². The van der Waals surface area contributed by atoms with Crippen molar-refractivity contribution in [3.05, 3.63) is 22.9 Å². The molecule has 0 saturated carbocycles. The number of rotatable bonds is 6. The number of aryl methyl sites for hydroxylation is 2. The number of carbonyl (C=O) groups is 1. The van der Waals surface area contributed by atoms with Crippen molar-refractivity contribution in [3.63, 3.8) is 0 Å². The molecule has 20 heavy (non-hydrogen) atoms. The van der Waals surface area contributed by atoms with Gasteiger partial charge in [-0.2, -0.15) is 0 Å². The maximum atomic E-state index is 11.6. The van der Waals surface area contributed by atoms with Gasteiger partial charge in [-0.15, -0.1) is 0 Å². The first-order chi connectivity index (χ1) is 9.67. The maximum Gasteiger partial charge on any atom is 0.339 e. The summed E-state index contributed by atoms with van der Waals surface area (Å²) in [6, 6.07) is 1.86.